The third kappa shape index (κ3) is 2.48. The van der Waals surface area contributed by atoms with E-state index in [1.54, 1.807) is 0 Å². The third-order valence-corrected chi connectivity index (χ3v) is 3.18. The lowest BCUT2D eigenvalue weighted by atomic mass is 10.1. The van der Waals surface area contributed by atoms with Crippen molar-refractivity contribution in [2.45, 2.75) is 25.7 Å². The summed E-state index contributed by atoms with van der Waals surface area (Å²) in [6.45, 7) is 0.526. The lowest BCUT2D eigenvalue weighted by Gasteiger charge is -2.16. The summed E-state index contributed by atoms with van der Waals surface area (Å²) in [5.74, 6) is -0.618. The van der Waals surface area contributed by atoms with Crippen LogP contribution >= 0.6 is 0 Å². The Kier molecular flexibility index (Phi) is 3.34. The average molecular weight is 276 g/mol. The van der Waals surface area contributed by atoms with Gasteiger partial charge in [-0.25, -0.2) is 5.32 Å². The Morgan fingerprint density at radius 3 is 3.10 bits per heavy atom. The molecule has 0 amide bonds. The molecule has 1 aliphatic rings. The lowest BCUT2D eigenvalue weighted by molar-refractivity contribution is -0.776. The van der Waals surface area contributed by atoms with Crippen LogP contribution in [0.3, 0.4) is 0 Å². The van der Waals surface area contributed by atoms with E-state index >= 15 is 0 Å². The predicted molar refractivity (Wildman–Crippen MR) is 65.2 cm³/mol. The van der Waals surface area contributed by atoms with E-state index in [2.05, 4.69) is 15.1 Å². The Hall–Kier alpha value is -2.41. The van der Waals surface area contributed by atoms with Gasteiger partial charge in [0.25, 0.3) is 5.69 Å². The Balaban J connectivity index is 1.60. The molecule has 1 aromatic heterocycles. The first-order chi connectivity index (χ1) is 9.74. The summed E-state index contributed by atoms with van der Waals surface area (Å²) in [6, 6.07) is 8.95. The van der Waals surface area contributed by atoms with Gasteiger partial charge in [0.2, 0.25) is 11.9 Å². The van der Waals surface area contributed by atoms with Crippen LogP contribution in [0.5, 0.6) is 5.95 Å². The van der Waals surface area contributed by atoms with E-state index in [0.717, 1.165) is 5.56 Å². The number of aromatic nitrogens is 2. The topological polar surface area (TPSA) is 88.5 Å². The number of aromatic hydroxyl groups is 1. The minimum absolute atomic E-state index is 0.230. The van der Waals surface area contributed by atoms with Gasteiger partial charge in [0.05, 0.1) is 6.42 Å². The minimum atomic E-state index is -0.510. The quantitative estimate of drug-likeness (QED) is 0.600. The highest BCUT2D eigenvalue weighted by atomic mass is 16.6. The summed E-state index contributed by atoms with van der Waals surface area (Å²) in [5.41, 5.74) is 1.42. The largest absolute Gasteiger partial charge is 0.475 e. The Labute approximate surface area is 114 Å². The van der Waals surface area contributed by atoms with Crippen molar-refractivity contribution in [2.24, 2.45) is 0 Å². The molecule has 7 heteroatoms. The van der Waals surface area contributed by atoms with Crippen LogP contribution in [0, 0.1) is 0 Å². The van der Waals surface area contributed by atoms with E-state index in [-0.39, 0.29) is 24.9 Å². The Bertz CT molecular complexity index is 611. The van der Waals surface area contributed by atoms with E-state index < -0.39 is 6.04 Å². The highest BCUT2D eigenvalue weighted by Gasteiger charge is 2.36. The van der Waals surface area contributed by atoms with Crippen molar-refractivity contribution < 1.29 is 23.8 Å². The van der Waals surface area contributed by atoms with Crippen LogP contribution in [-0.4, -0.2) is 22.4 Å². The summed E-state index contributed by atoms with van der Waals surface area (Å²) in [7, 11) is 0. The predicted octanol–water partition coefficient (Wildman–Crippen LogP) is -0.117. The third-order valence-electron chi connectivity index (χ3n) is 3.18. The van der Waals surface area contributed by atoms with Gasteiger partial charge < -0.3 is 9.84 Å². The molecule has 0 fully saturated rings. The fourth-order valence-corrected chi connectivity index (χ4v) is 2.08. The zero-order valence-corrected chi connectivity index (χ0v) is 10.7. The molecule has 1 aliphatic heterocycles. The van der Waals surface area contributed by atoms with Crippen LogP contribution in [0.25, 0.3) is 0 Å². The van der Waals surface area contributed by atoms with Gasteiger partial charge in [-0.05, 0) is 10.2 Å². The molecule has 2 N–H and O–H groups in total. The van der Waals surface area contributed by atoms with Crippen molar-refractivity contribution in [2.75, 3.05) is 0 Å². The van der Waals surface area contributed by atoms with Crippen LogP contribution in [-0.2, 0) is 29.2 Å². The van der Waals surface area contributed by atoms with Gasteiger partial charge in [-0.3, -0.25) is 9.32 Å². The maximum Gasteiger partial charge on any atom is 0.383 e. The molecule has 2 heterocycles. The molecule has 1 aromatic carbocycles. The number of carbonyl (C=O) groups excluding carboxylic acids is 1. The molecule has 1 atom stereocenters. The fraction of sp³-hybridized carbons (Fsp3) is 0.308. The first-order valence-electron chi connectivity index (χ1n) is 6.25. The van der Waals surface area contributed by atoms with Gasteiger partial charge in [0.15, 0.2) is 0 Å². The lowest BCUT2D eigenvalue weighted by Crippen LogP contribution is -2.57. The smallest absolute Gasteiger partial charge is 0.383 e. The minimum Gasteiger partial charge on any atom is -0.475 e. The summed E-state index contributed by atoms with van der Waals surface area (Å²) < 4.78 is 11.4. The van der Waals surface area contributed by atoms with E-state index in [9.17, 15) is 9.90 Å². The maximum absolute atomic E-state index is 12.0. The Morgan fingerprint density at radius 2 is 2.30 bits per heavy atom. The number of esters is 1. The second-order valence-corrected chi connectivity index (χ2v) is 4.54. The SMILES string of the molecule is O=C(OCc1ccccc1)C1Cc2c(O)on[n+]2CN1. The number of rotatable bonds is 3. The number of nitrogens with zero attached hydrogens (tertiary/aromatic N) is 2. The molecular formula is C13H14N3O4+. The summed E-state index contributed by atoms with van der Waals surface area (Å²) in [4.78, 5) is 12.0. The molecule has 3 rings (SSSR count). The van der Waals surface area contributed by atoms with Crippen LogP contribution < -0.4 is 10.00 Å². The van der Waals surface area contributed by atoms with Crippen LogP contribution in [0.15, 0.2) is 34.9 Å². The maximum atomic E-state index is 12.0. The second-order valence-electron chi connectivity index (χ2n) is 4.54. The average Bonchev–Trinajstić information content (AvgIpc) is 2.87. The van der Waals surface area contributed by atoms with Crippen molar-refractivity contribution in [1.29, 1.82) is 0 Å². The molecule has 0 saturated heterocycles. The normalized spacial score (nSPS) is 17.5. The number of benzene rings is 1. The molecule has 0 bridgehead atoms. The van der Waals surface area contributed by atoms with Gasteiger partial charge in [-0.1, -0.05) is 30.3 Å². The second kappa shape index (κ2) is 5.30. The van der Waals surface area contributed by atoms with Crippen molar-refractivity contribution in [3.05, 3.63) is 41.6 Å². The first kappa shape index (κ1) is 12.6. The van der Waals surface area contributed by atoms with E-state index in [1.165, 1.54) is 4.68 Å². The number of nitrogens with one attached hydrogen (secondary N) is 1. The monoisotopic (exact) mass is 276 g/mol. The molecule has 1 unspecified atom stereocenters. The molecule has 0 spiro atoms. The molecule has 0 saturated carbocycles. The number of hydrogen-bond donors (Lipinski definition) is 2. The fourth-order valence-electron chi connectivity index (χ4n) is 2.08. The molecule has 2 aromatic rings. The molecular weight excluding hydrogens is 262 g/mol. The van der Waals surface area contributed by atoms with Gasteiger partial charge in [-0.15, -0.1) is 0 Å². The van der Waals surface area contributed by atoms with E-state index in [4.69, 9.17) is 4.74 Å². The number of carbonyl (C=O) groups is 1. The molecule has 104 valence electrons. The first-order valence-corrected chi connectivity index (χ1v) is 6.25. The van der Waals surface area contributed by atoms with Gasteiger partial charge in [0, 0.05) is 0 Å². The van der Waals surface area contributed by atoms with E-state index in [0.29, 0.717) is 12.4 Å². The molecule has 0 radical (unpaired) electrons. The molecule has 0 aliphatic carbocycles. The van der Waals surface area contributed by atoms with Crippen molar-refractivity contribution in [3.8, 4) is 5.95 Å². The van der Waals surface area contributed by atoms with E-state index in [1.807, 2.05) is 30.3 Å². The zero-order valence-electron chi connectivity index (χ0n) is 10.7. The van der Waals surface area contributed by atoms with Crippen molar-refractivity contribution in [3.63, 3.8) is 0 Å². The standard InChI is InChI=1S/C13H13N3O4/c17-12(19-7-9-4-2-1-3-5-9)10-6-11-13(18)20-15-16(11)8-14-10/h1-5,10,14H,6-8H2/p+1. The number of ether oxygens (including phenoxy) is 1. The van der Waals surface area contributed by atoms with Crippen molar-refractivity contribution >= 4 is 5.97 Å². The van der Waals surface area contributed by atoms with Gasteiger partial charge in [-0.2, -0.15) is 0 Å². The molecule has 20 heavy (non-hydrogen) atoms. The summed E-state index contributed by atoms with van der Waals surface area (Å²) >= 11 is 0. The van der Waals surface area contributed by atoms with Gasteiger partial charge >= 0.3 is 11.9 Å². The number of hydrogen-bond acceptors (Lipinski definition) is 6. The van der Waals surface area contributed by atoms with Crippen LogP contribution in [0.4, 0.5) is 0 Å². The Morgan fingerprint density at radius 1 is 1.50 bits per heavy atom. The zero-order chi connectivity index (χ0) is 13.9. The molecule has 7 nitrogen and oxygen atoms in total. The van der Waals surface area contributed by atoms with Gasteiger partial charge in [0.1, 0.15) is 12.6 Å². The van der Waals surface area contributed by atoms with Crippen LogP contribution in [0.1, 0.15) is 11.3 Å². The summed E-state index contributed by atoms with van der Waals surface area (Å²) in [6.07, 6.45) is 0.281. The highest BCUT2D eigenvalue weighted by molar-refractivity contribution is 5.76. The van der Waals surface area contributed by atoms with Crippen LogP contribution in [0.2, 0.25) is 0 Å². The summed E-state index contributed by atoms with van der Waals surface area (Å²) in [5, 5.41) is 16.1. The van der Waals surface area contributed by atoms with Crippen molar-refractivity contribution in [1.82, 2.24) is 10.6 Å². The highest BCUT2D eigenvalue weighted by Crippen LogP contribution is 2.16. The number of fused-ring (bicyclic) bond motifs is 1.